The molecule has 0 atom stereocenters. The average Bonchev–Trinajstić information content (AvgIpc) is 3.63. The van der Waals surface area contributed by atoms with Crippen LogP contribution in [0.1, 0.15) is 57.0 Å². The van der Waals surface area contributed by atoms with Crippen LogP contribution in [0.4, 0.5) is 5.82 Å². The summed E-state index contributed by atoms with van der Waals surface area (Å²) < 4.78 is 7.67. The number of aromatic nitrogens is 6. The molecular formula is C33H41N9O. The van der Waals surface area contributed by atoms with Crippen LogP contribution in [-0.2, 0) is 6.42 Å². The third-order valence-electron chi connectivity index (χ3n) is 9.48. The van der Waals surface area contributed by atoms with Gasteiger partial charge in [0.25, 0.3) is 0 Å². The van der Waals surface area contributed by atoms with Crippen molar-refractivity contribution in [2.75, 3.05) is 39.0 Å². The van der Waals surface area contributed by atoms with E-state index < -0.39 is 0 Å². The van der Waals surface area contributed by atoms with Crippen LogP contribution >= 0.6 is 0 Å². The Kier molecular flexibility index (Phi) is 7.48. The van der Waals surface area contributed by atoms with E-state index in [2.05, 4.69) is 61.5 Å². The van der Waals surface area contributed by atoms with Crippen molar-refractivity contribution < 1.29 is 4.74 Å². The zero-order valence-corrected chi connectivity index (χ0v) is 25.3. The summed E-state index contributed by atoms with van der Waals surface area (Å²) in [5.74, 6) is 2.21. The number of benzene rings is 2. The molecule has 1 saturated heterocycles. The van der Waals surface area contributed by atoms with Crippen LogP contribution in [0.2, 0.25) is 0 Å². The van der Waals surface area contributed by atoms with Gasteiger partial charge in [-0.25, -0.2) is 19.6 Å². The summed E-state index contributed by atoms with van der Waals surface area (Å²) in [6.07, 6.45) is 6.74. The topological polar surface area (TPSA) is 114 Å². The first-order chi connectivity index (χ1) is 21.0. The maximum atomic E-state index is 6.47. The van der Waals surface area contributed by atoms with E-state index in [1.54, 1.807) is 13.4 Å². The van der Waals surface area contributed by atoms with E-state index in [0.29, 0.717) is 30.4 Å². The number of anilines is 1. The molecule has 1 aliphatic carbocycles. The minimum Gasteiger partial charge on any atom is -0.496 e. The van der Waals surface area contributed by atoms with Gasteiger partial charge >= 0.3 is 0 Å². The Hall–Kier alpha value is -4.02. The molecule has 3 N–H and O–H groups in total. The van der Waals surface area contributed by atoms with Gasteiger partial charge in [0.05, 0.1) is 29.6 Å². The molecule has 5 aromatic rings. The number of ether oxygens (including phenoxy) is 1. The van der Waals surface area contributed by atoms with Crippen LogP contribution in [-0.4, -0.2) is 84.9 Å². The number of piperazine rings is 1. The number of imidazole rings is 1. The van der Waals surface area contributed by atoms with E-state index in [4.69, 9.17) is 20.6 Å². The molecule has 0 spiro atoms. The summed E-state index contributed by atoms with van der Waals surface area (Å²) in [5, 5.41) is 6.00. The van der Waals surface area contributed by atoms with Gasteiger partial charge in [-0.3, -0.25) is 9.80 Å². The number of nitrogens with one attached hydrogen (secondary N) is 1. The van der Waals surface area contributed by atoms with E-state index in [1.807, 2.05) is 24.3 Å². The Labute approximate surface area is 252 Å². The highest BCUT2D eigenvalue weighted by Crippen LogP contribution is 2.37. The predicted octanol–water partition coefficient (Wildman–Crippen LogP) is 5.06. The van der Waals surface area contributed by atoms with Crippen molar-refractivity contribution in [2.45, 2.75) is 64.1 Å². The average molecular weight is 580 g/mol. The normalized spacial score (nSPS) is 20.4. The molecule has 43 heavy (non-hydrogen) atoms. The minimum absolute atomic E-state index is 0.294. The largest absolute Gasteiger partial charge is 0.496 e. The van der Waals surface area contributed by atoms with E-state index in [0.717, 1.165) is 63.3 Å². The maximum Gasteiger partial charge on any atom is 0.164 e. The first-order valence-electron chi connectivity index (χ1n) is 15.6. The van der Waals surface area contributed by atoms with Crippen LogP contribution in [0.3, 0.4) is 0 Å². The fourth-order valence-corrected chi connectivity index (χ4v) is 7.06. The van der Waals surface area contributed by atoms with E-state index in [-0.39, 0.29) is 0 Å². The predicted molar refractivity (Wildman–Crippen MR) is 170 cm³/mol. The van der Waals surface area contributed by atoms with E-state index in [1.165, 1.54) is 39.0 Å². The van der Waals surface area contributed by atoms with Crippen molar-refractivity contribution in [1.29, 1.82) is 0 Å². The fourth-order valence-electron chi connectivity index (χ4n) is 7.06. The molecule has 0 unspecified atom stereocenters. The van der Waals surface area contributed by atoms with Crippen molar-refractivity contribution in [3.8, 4) is 17.0 Å². The van der Waals surface area contributed by atoms with Crippen molar-refractivity contribution in [3.05, 3.63) is 60.2 Å². The molecule has 2 fully saturated rings. The monoisotopic (exact) mass is 579 g/mol. The Morgan fingerprint density at radius 2 is 1.74 bits per heavy atom. The van der Waals surface area contributed by atoms with Crippen LogP contribution in [0.15, 0.2) is 48.8 Å². The molecule has 10 nitrogen and oxygen atoms in total. The second-order valence-electron chi connectivity index (χ2n) is 12.3. The summed E-state index contributed by atoms with van der Waals surface area (Å²) in [7, 11) is 1.70. The van der Waals surface area contributed by atoms with Gasteiger partial charge in [-0.15, -0.1) is 0 Å². The Bertz CT molecular complexity index is 1730. The SMILES string of the molecule is COc1ccccc1Cc1nc2ccc(-c3nn([C@H]4CC[C@@H](N5CCN(C(C)C)CC5)CC4)c4ncnc(N)c34)cc2[nH]1. The van der Waals surface area contributed by atoms with Gasteiger partial charge in [-0.05, 0) is 57.7 Å². The molecule has 224 valence electrons. The first-order valence-corrected chi connectivity index (χ1v) is 15.6. The second kappa shape index (κ2) is 11.6. The number of aromatic amines is 1. The molecule has 4 heterocycles. The molecule has 0 amide bonds. The maximum absolute atomic E-state index is 6.47. The van der Waals surface area contributed by atoms with Gasteiger partial charge in [-0.2, -0.15) is 5.10 Å². The highest BCUT2D eigenvalue weighted by molar-refractivity contribution is 5.99. The number of hydrogen-bond acceptors (Lipinski definition) is 8. The number of nitrogen functional groups attached to an aromatic ring is 1. The smallest absolute Gasteiger partial charge is 0.164 e. The molecule has 0 radical (unpaired) electrons. The quantitative estimate of drug-likeness (QED) is 0.275. The molecule has 2 aliphatic rings. The lowest BCUT2D eigenvalue weighted by Gasteiger charge is -2.43. The number of fused-ring (bicyclic) bond motifs is 2. The fraction of sp³-hybridized carbons (Fsp3) is 0.455. The molecule has 1 saturated carbocycles. The lowest BCUT2D eigenvalue weighted by atomic mass is 9.90. The summed E-state index contributed by atoms with van der Waals surface area (Å²) in [6.45, 7) is 9.28. The van der Waals surface area contributed by atoms with Gasteiger partial charge in [0, 0.05) is 55.8 Å². The first kappa shape index (κ1) is 27.8. The van der Waals surface area contributed by atoms with Crippen molar-refractivity contribution >= 4 is 27.9 Å². The Morgan fingerprint density at radius 3 is 2.51 bits per heavy atom. The lowest BCUT2D eigenvalue weighted by molar-refractivity contribution is 0.0578. The van der Waals surface area contributed by atoms with Crippen LogP contribution in [0.5, 0.6) is 5.75 Å². The molecule has 3 aromatic heterocycles. The number of H-pyrrole nitrogens is 1. The molecule has 7 rings (SSSR count). The van der Waals surface area contributed by atoms with Crippen molar-refractivity contribution in [3.63, 3.8) is 0 Å². The zero-order chi connectivity index (χ0) is 29.5. The molecule has 1 aliphatic heterocycles. The van der Waals surface area contributed by atoms with E-state index >= 15 is 0 Å². The number of nitrogens with two attached hydrogens (primary N) is 1. The Morgan fingerprint density at radius 1 is 0.977 bits per heavy atom. The van der Waals surface area contributed by atoms with Crippen LogP contribution in [0, 0.1) is 0 Å². The van der Waals surface area contributed by atoms with Gasteiger partial charge < -0.3 is 15.5 Å². The number of rotatable bonds is 7. The van der Waals surface area contributed by atoms with Gasteiger partial charge in [-0.1, -0.05) is 24.3 Å². The summed E-state index contributed by atoms with van der Waals surface area (Å²) >= 11 is 0. The van der Waals surface area contributed by atoms with Crippen LogP contribution < -0.4 is 10.5 Å². The third kappa shape index (κ3) is 5.34. The van der Waals surface area contributed by atoms with Gasteiger partial charge in [0.1, 0.15) is 29.4 Å². The third-order valence-corrected chi connectivity index (χ3v) is 9.48. The molecule has 10 heteroatoms. The molecule has 2 aromatic carbocycles. The van der Waals surface area contributed by atoms with E-state index in [9.17, 15) is 0 Å². The van der Waals surface area contributed by atoms with Gasteiger partial charge in [0.15, 0.2) is 5.65 Å². The molecular weight excluding hydrogens is 538 g/mol. The minimum atomic E-state index is 0.294. The van der Waals surface area contributed by atoms with Gasteiger partial charge in [0.2, 0.25) is 0 Å². The van der Waals surface area contributed by atoms with Crippen molar-refractivity contribution in [2.24, 2.45) is 0 Å². The molecule has 0 bridgehead atoms. The second-order valence-corrected chi connectivity index (χ2v) is 12.3. The van der Waals surface area contributed by atoms with Crippen LogP contribution in [0.25, 0.3) is 33.3 Å². The number of hydrogen-bond donors (Lipinski definition) is 2. The summed E-state index contributed by atoms with van der Waals surface area (Å²) in [6, 6.07) is 15.8. The number of methoxy groups -OCH3 is 1. The zero-order valence-electron chi connectivity index (χ0n) is 25.3. The summed E-state index contributed by atoms with van der Waals surface area (Å²) in [4.78, 5) is 22.7. The number of para-hydroxylation sites is 1. The highest BCUT2D eigenvalue weighted by Gasteiger charge is 2.31. The Balaban J connectivity index is 1.13. The van der Waals surface area contributed by atoms with Crippen molar-refractivity contribution in [1.82, 2.24) is 39.5 Å². The highest BCUT2D eigenvalue weighted by atomic mass is 16.5. The lowest BCUT2D eigenvalue weighted by Crippen LogP contribution is -2.52. The standard InChI is InChI=1S/C33H41N9O/c1-21(2)40-14-16-41(17-15-40)24-9-11-25(12-10-24)42-33-30(32(34)35-20-36-33)31(39-42)23-8-13-26-27(18-23)38-29(37-26)19-22-6-4-5-7-28(22)43-3/h4-8,13,18,20-21,24-25H,9-12,14-17,19H2,1-3H3,(H,37,38)(H2,34,35,36)/t24-,25+. The number of nitrogens with zero attached hydrogens (tertiary/aromatic N) is 7. The summed E-state index contributed by atoms with van der Waals surface area (Å²) in [5.41, 5.74) is 12.0.